The fraction of sp³-hybridized carbons (Fsp3) is 0.607. The fourth-order valence-electron chi connectivity index (χ4n) is 3.57. The van der Waals surface area contributed by atoms with Crippen LogP contribution in [0.25, 0.3) is 10.8 Å². The quantitative estimate of drug-likeness (QED) is 0.425. The minimum atomic E-state index is -0.654. The van der Waals surface area contributed by atoms with Crippen molar-refractivity contribution in [2.24, 2.45) is 5.41 Å². The Bertz CT molecular complexity index is 1140. The molecule has 0 bridgehead atoms. The number of nitrogens with zero attached hydrogens (tertiary/aromatic N) is 1. The van der Waals surface area contributed by atoms with Gasteiger partial charge in [0, 0.05) is 11.9 Å². The maximum atomic E-state index is 13.7. The van der Waals surface area contributed by atoms with Crippen molar-refractivity contribution in [1.82, 2.24) is 9.88 Å². The minimum Gasteiger partial charge on any atom is -0.491 e. The number of rotatable bonds is 10. The van der Waals surface area contributed by atoms with Crippen molar-refractivity contribution < 1.29 is 23.8 Å². The first-order valence-electron chi connectivity index (χ1n) is 12.6. The molecule has 0 radical (unpaired) electrons. The van der Waals surface area contributed by atoms with Crippen LogP contribution in [0.15, 0.2) is 23.0 Å². The molecule has 2 aromatic rings. The second-order valence-electron chi connectivity index (χ2n) is 11.4. The summed E-state index contributed by atoms with van der Waals surface area (Å²) in [5, 5.41) is 3.85. The highest BCUT2D eigenvalue weighted by Crippen LogP contribution is 2.33. The lowest BCUT2D eigenvalue weighted by atomic mass is 9.96. The SMILES string of the molecule is CCCCOc1c(CNC(=O)OC(C)(C)C)n(CC(C)(C)C)c(=O)c2ccc(OC(C)C(C)=O)cc12. The van der Waals surface area contributed by atoms with Gasteiger partial charge in [-0.2, -0.15) is 0 Å². The van der Waals surface area contributed by atoms with Crippen LogP contribution in [-0.2, 0) is 22.6 Å². The van der Waals surface area contributed by atoms with Gasteiger partial charge in [-0.05, 0) is 64.7 Å². The Labute approximate surface area is 214 Å². The van der Waals surface area contributed by atoms with Crippen molar-refractivity contribution in [1.29, 1.82) is 0 Å². The topological polar surface area (TPSA) is 95.9 Å². The number of nitrogens with one attached hydrogen (secondary N) is 1. The lowest BCUT2D eigenvalue weighted by Gasteiger charge is -2.26. The highest BCUT2D eigenvalue weighted by molar-refractivity contribution is 5.90. The number of carbonyl (C=O) groups excluding carboxylic acids is 2. The lowest BCUT2D eigenvalue weighted by Crippen LogP contribution is -2.36. The Morgan fingerprint density at radius 3 is 2.31 bits per heavy atom. The summed E-state index contributed by atoms with van der Waals surface area (Å²) in [7, 11) is 0. The largest absolute Gasteiger partial charge is 0.491 e. The van der Waals surface area contributed by atoms with Crippen LogP contribution in [0.3, 0.4) is 0 Å². The Balaban J connectivity index is 2.71. The molecule has 0 spiro atoms. The van der Waals surface area contributed by atoms with E-state index in [4.69, 9.17) is 14.2 Å². The van der Waals surface area contributed by atoms with E-state index in [1.165, 1.54) is 6.92 Å². The summed E-state index contributed by atoms with van der Waals surface area (Å²) in [6.07, 6.45) is 0.567. The van der Waals surface area contributed by atoms with Gasteiger partial charge in [-0.25, -0.2) is 4.79 Å². The molecule has 1 amide bonds. The number of Topliss-reactive ketones (excluding diaryl/α,β-unsaturated/α-hetero) is 1. The molecule has 8 nitrogen and oxygen atoms in total. The van der Waals surface area contributed by atoms with Gasteiger partial charge in [0.05, 0.1) is 24.2 Å². The van der Waals surface area contributed by atoms with Gasteiger partial charge < -0.3 is 24.1 Å². The summed E-state index contributed by atoms with van der Waals surface area (Å²) in [4.78, 5) is 37.9. The molecule has 1 heterocycles. The highest BCUT2D eigenvalue weighted by atomic mass is 16.6. The molecule has 0 saturated heterocycles. The van der Waals surface area contributed by atoms with E-state index in [-0.39, 0.29) is 23.3 Å². The average Bonchev–Trinajstić information content (AvgIpc) is 2.73. The standard InChI is InChI=1S/C28H42N2O6/c1-10-11-14-34-24-22-15-20(35-19(3)18(2)31)12-13-21(22)25(32)30(17-27(4,5)6)23(24)16-29-26(33)36-28(7,8)9/h12-13,15,19H,10-11,14,16-17H2,1-9H3,(H,29,33). The first-order valence-corrected chi connectivity index (χ1v) is 12.6. The number of amides is 1. The summed E-state index contributed by atoms with van der Waals surface area (Å²) in [5.41, 5.74) is -0.492. The lowest BCUT2D eigenvalue weighted by molar-refractivity contribution is -0.122. The predicted octanol–water partition coefficient (Wildman–Crippen LogP) is 5.61. The molecule has 1 aromatic heterocycles. The second kappa shape index (κ2) is 11.8. The molecule has 1 aromatic carbocycles. The number of aromatic nitrogens is 1. The van der Waals surface area contributed by atoms with Gasteiger partial charge in [-0.15, -0.1) is 0 Å². The van der Waals surface area contributed by atoms with Crippen LogP contribution in [0.4, 0.5) is 4.79 Å². The number of ketones is 1. The minimum absolute atomic E-state index is 0.0482. The number of hydrogen-bond donors (Lipinski definition) is 1. The van der Waals surface area contributed by atoms with Crippen LogP contribution in [0, 0.1) is 5.41 Å². The first-order chi connectivity index (χ1) is 16.6. The van der Waals surface area contributed by atoms with Crippen molar-refractivity contribution in [3.8, 4) is 11.5 Å². The van der Waals surface area contributed by atoms with Crippen LogP contribution in [0.1, 0.15) is 80.8 Å². The van der Waals surface area contributed by atoms with E-state index in [1.54, 1.807) is 50.5 Å². The molecule has 1 atom stereocenters. The van der Waals surface area contributed by atoms with Gasteiger partial charge in [0.15, 0.2) is 11.9 Å². The number of benzene rings is 1. The van der Waals surface area contributed by atoms with E-state index in [9.17, 15) is 14.4 Å². The second-order valence-corrected chi connectivity index (χ2v) is 11.4. The molecule has 1 N–H and O–H groups in total. The summed E-state index contributed by atoms with van der Waals surface area (Å²) in [6.45, 7) is 17.7. The van der Waals surface area contributed by atoms with E-state index >= 15 is 0 Å². The monoisotopic (exact) mass is 502 g/mol. The third kappa shape index (κ3) is 8.28. The van der Waals surface area contributed by atoms with E-state index in [0.29, 0.717) is 41.1 Å². The van der Waals surface area contributed by atoms with Gasteiger partial charge in [-0.1, -0.05) is 34.1 Å². The Hall–Kier alpha value is -3.03. The van der Waals surface area contributed by atoms with Crippen LogP contribution in [0.2, 0.25) is 0 Å². The summed E-state index contributed by atoms with van der Waals surface area (Å²) < 4.78 is 19.2. The maximum absolute atomic E-state index is 13.7. The molecule has 36 heavy (non-hydrogen) atoms. The number of hydrogen-bond acceptors (Lipinski definition) is 6. The van der Waals surface area contributed by atoms with Gasteiger partial charge in [0.25, 0.3) is 5.56 Å². The van der Waals surface area contributed by atoms with Gasteiger partial charge in [0.1, 0.15) is 17.1 Å². The van der Waals surface area contributed by atoms with Crippen LogP contribution in [-0.4, -0.2) is 34.8 Å². The van der Waals surface area contributed by atoms with E-state index in [1.807, 2.05) is 20.8 Å². The zero-order valence-corrected chi connectivity index (χ0v) is 23.2. The highest BCUT2D eigenvalue weighted by Gasteiger charge is 2.24. The van der Waals surface area contributed by atoms with Gasteiger partial charge in [-0.3, -0.25) is 9.59 Å². The van der Waals surface area contributed by atoms with Crippen molar-refractivity contribution in [3.63, 3.8) is 0 Å². The smallest absolute Gasteiger partial charge is 0.407 e. The van der Waals surface area contributed by atoms with Crippen LogP contribution in [0.5, 0.6) is 11.5 Å². The number of unbranched alkanes of at least 4 members (excludes halogenated alkanes) is 1. The molecular weight excluding hydrogens is 460 g/mol. The van der Waals surface area contributed by atoms with Crippen molar-refractivity contribution in [2.45, 2.75) is 99.9 Å². The number of fused-ring (bicyclic) bond motifs is 1. The molecule has 1 unspecified atom stereocenters. The Kier molecular flexibility index (Phi) is 9.57. The number of alkyl carbamates (subject to hydrolysis) is 1. The van der Waals surface area contributed by atoms with Crippen molar-refractivity contribution >= 4 is 22.6 Å². The zero-order chi connectivity index (χ0) is 27.3. The fourth-order valence-corrected chi connectivity index (χ4v) is 3.57. The van der Waals surface area contributed by atoms with Crippen LogP contribution >= 0.6 is 0 Å². The van der Waals surface area contributed by atoms with Gasteiger partial charge in [0.2, 0.25) is 0 Å². The summed E-state index contributed by atoms with van der Waals surface area (Å²) in [5.74, 6) is 0.876. The Morgan fingerprint density at radius 1 is 1.08 bits per heavy atom. The molecule has 2 rings (SSSR count). The number of pyridine rings is 1. The molecule has 0 aliphatic rings. The molecule has 200 valence electrons. The Morgan fingerprint density at radius 2 is 1.75 bits per heavy atom. The summed E-state index contributed by atoms with van der Waals surface area (Å²) in [6, 6.07) is 5.13. The maximum Gasteiger partial charge on any atom is 0.407 e. The molecule has 0 saturated carbocycles. The van der Waals surface area contributed by atoms with Crippen molar-refractivity contribution in [2.75, 3.05) is 6.61 Å². The predicted molar refractivity (Wildman–Crippen MR) is 142 cm³/mol. The van der Waals surface area contributed by atoms with Crippen molar-refractivity contribution in [3.05, 3.63) is 34.2 Å². The zero-order valence-electron chi connectivity index (χ0n) is 23.2. The van der Waals surface area contributed by atoms with E-state index in [0.717, 1.165) is 12.8 Å². The molecule has 0 aliphatic heterocycles. The third-order valence-electron chi connectivity index (χ3n) is 5.36. The number of carbonyl (C=O) groups is 2. The molecule has 0 aliphatic carbocycles. The van der Waals surface area contributed by atoms with E-state index < -0.39 is 17.8 Å². The molecular formula is C28H42N2O6. The van der Waals surface area contributed by atoms with E-state index in [2.05, 4.69) is 12.2 Å². The summed E-state index contributed by atoms with van der Waals surface area (Å²) >= 11 is 0. The average molecular weight is 503 g/mol. The molecule has 0 fully saturated rings. The third-order valence-corrected chi connectivity index (χ3v) is 5.36. The normalized spacial score (nSPS) is 12.8. The first kappa shape index (κ1) is 29.2. The van der Waals surface area contributed by atoms with Crippen LogP contribution < -0.4 is 20.3 Å². The molecule has 8 heteroatoms. The number of ether oxygens (including phenoxy) is 3. The van der Waals surface area contributed by atoms with Gasteiger partial charge >= 0.3 is 6.09 Å².